The minimum absolute atomic E-state index is 0.120. The van der Waals surface area contributed by atoms with Crippen molar-refractivity contribution in [3.63, 3.8) is 0 Å². The first-order chi connectivity index (χ1) is 10.0. The van der Waals surface area contributed by atoms with Crippen molar-refractivity contribution in [1.82, 2.24) is 4.98 Å². The Morgan fingerprint density at radius 1 is 1.43 bits per heavy atom. The Kier molecular flexibility index (Phi) is 3.90. The summed E-state index contributed by atoms with van der Waals surface area (Å²) in [6, 6.07) is 8.10. The summed E-state index contributed by atoms with van der Waals surface area (Å²) in [7, 11) is 0. The van der Waals surface area contributed by atoms with Crippen molar-refractivity contribution in [2.24, 2.45) is 0 Å². The van der Waals surface area contributed by atoms with Gasteiger partial charge in [-0.05, 0) is 29.8 Å². The van der Waals surface area contributed by atoms with Crippen LogP contribution in [0.4, 0.5) is 10.1 Å². The number of allylic oxidation sites excluding steroid dienone is 1. The zero-order valence-electron chi connectivity index (χ0n) is 10.5. The molecule has 0 saturated carbocycles. The second kappa shape index (κ2) is 5.79. The van der Waals surface area contributed by atoms with Gasteiger partial charge in [0.05, 0.1) is 22.4 Å². The van der Waals surface area contributed by atoms with Gasteiger partial charge in [0.15, 0.2) is 5.75 Å². The fraction of sp³-hybridized carbons (Fsp3) is 0. The molecule has 1 aromatic carbocycles. The smallest absolute Gasteiger partial charge is 0.311 e. The van der Waals surface area contributed by atoms with Crippen molar-refractivity contribution in [1.29, 1.82) is 5.26 Å². The van der Waals surface area contributed by atoms with Gasteiger partial charge in [0.1, 0.15) is 11.9 Å². The van der Waals surface area contributed by atoms with E-state index in [1.165, 1.54) is 18.2 Å². The van der Waals surface area contributed by atoms with Crippen LogP contribution in [-0.4, -0.2) is 15.0 Å². The van der Waals surface area contributed by atoms with Crippen molar-refractivity contribution >= 4 is 17.3 Å². The molecule has 7 heteroatoms. The molecule has 0 radical (unpaired) electrons. The van der Waals surface area contributed by atoms with Crippen LogP contribution in [0.25, 0.3) is 11.6 Å². The topological polar surface area (TPSA) is 100 Å². The zero-order valence-corrected chi connectivity index (χ0v) is 10.5. The van der Waals surface area contributed by atoms with E-state index in [-0.39, 0.29) is 11.3 Å². The van der Waals surface area contributed by atoms with Crippen molar-refractivity contribution in [3.8, 4) is 11.8 Å². The second-order valence-electron chi connectivity index (χ2n) is 4.04. The van der Waals surface area contributed by atoms with Crippen LogP contribution in [0.2, 0.25) is 0 Å². The number of pyridine rings is 1. The summed E-state index contributed by atoms with van der Waals surface area (Å²) < 4.78 is 12.8. The molecule has 0 bridgehead atoms. The van der Waals surface area contributed by atoms with Gasteiger partial charge < -0.3 is 5.11 Å². The number of aromatic nitrogens is 1. The quantitative estimate of drug-likeness (QED) is 0.531. The standard InChI is InChI=1S/C14H8FN3O3/c15-11-2-3-12(17-8-11)10(7-16)5-9-1-4-14(19)13(6-9)18(20)21/h1-6,8,19H. The molecule has 0 unspecified atom stereocenters. The van der Waals surface area contributed by atoms with Gasteiger partial charge >= 0.3 is 5.69 Å². The van der Waals surface area contributed by atoms with E-state index >= 15 is 0 Å². The molecule has 0 aliphatic carbocycles. The van der Waals surface area contributed by atoms with Crippen LogP contribution in [0, 0.1) is 27.3 Å². The van der Waals surface area contributed by atoms with Crippen LogP contribution in [-0.2, 0) is 0 Å². The van der Waals surface area contributed by atoms with E-state index in [0.29, 0.717) is 5.56 Å². The fourth-order valence-electron chi connectivity index (χ4n) is 1.64. The van der Waals surface area contributed by atoms with E-state index < -0.39 is 22.2 Å². The third kappa shape index (κ3) is 3.19. The van der Waals surface area contributed by atoms with Crippen LogP contribution >= 0.6 is 0 Å². The summed E-state index contributed by atoms with van der Waals surface area (Å²) in [6.45, 7) is 0. The highest BCUT2D eigenvalue weighted by atomic mass is 19.1. The lowest BCUT2D eigenvalue weighted by Crippen LogP contribution is -1.91. The number of hydrogen-bond donors (Lipinski definition) is 1. The first-order valence-electron chi connectivity index (χ1n) is 5.72. The van der Waals surface area contributed by atoms with Crippen molar-refractivity contribution in [3.05, 3.63) is 63.7 Å². The van der Waals surface area contributed by atoms with Gasteiger partial charge in [0.2, 0.25) is 0 Å². The maximum Gasteiger partial charge on any atom is 0.311 e. The highest BCUT2D eigenvalue weighted by molar-refractivity contribution is 5.88. The van der Waals surface area contributed by atoms with Gasteiger partial charge in [-0.25, -0.2) is 4.39 Å². The number of aromatic hydroxyl groups is 1. The molecule has 0 fully saturated rings. The monoisotopic (exact) mass is 285 g/mol. The summed E-state index contributed by atoms with van der Waals surface area (Å²) in [5, 5.41) is 29.2. The van der Waals surface area contributed by atoms with E-state index in [4.69, 9.17) is 5.26 Å². The Bertz CT molecular complexity index is 764. The molecule has 21 heavy (non-hydrogen) atoms. The van der Waals surface area contributed by atoms with Crippen LogP contribution in [0.15, 0.2) is 36.5 Å². The van der Waals surface area contributed by atoms with E-state index in [9.17, 15) is 19.6 Å². The molecule has 0 aliphatic rings. The summed E-state index contributed by atoms with van der Waals surface area (Å²) in [6.07, 6.45) is 2.34. The maximum atomic E-state index is 12.8. The van der Waals surface area contributed by atoms with Gasteiger partial charge in [-0.15, -0.1) is 0 Å². The van der Waals surface area contributed by atoms with Gasteiger partial charge in [-0.3, -0.25) is 15.1 Å². The number of halogens is 1. The first kappa shape index (κ1) is 14.1. The molecule has 1 heterocycles. The van der Waals surface area contributed by atoms with Gasteiger partial charge in [0.25, 0.3) is 0 Å². The van der Waals surface area contributed by atoms with Crippen LogP contribution < -0.4 is 0 Å². The van der Waals surface area contributed by atoms with E-state index in [0.717, 1.165) is 24.4 Å². The number of phenols is 1. The van der Waals surface area contributed by atoms with Crippen molar-refractivity contribution in [2.45, 2.75) is 0 Å². The maximum absolute atomic E-state index is 12.8. The number of nitro benzene ring substituents is 1. The molecule has 0 atom stereocenters. The second-order valence-corrected chi connectivity index (χ2v) is 4.04. The largest absolute Gasteiger partial charge is 0.502 e. The Labute approximate surface area is 118 Å². The molecule has 104 valence electrons. The minimum Gasteiger partial charge on any atom is -0.502 e. The van der Waals surface area contributed by atoms with Crippen molar-refractivity contribution in [2.75, 3.05) is 0 Å². The molecule has 6 nitrogen and oxygen atoms in total. The normalized spacial score (nSPS) is 11.0. The van der Waals surface area contributed by atoms with Gasteiger partial charge in [0, 0.05) is 6.07 Å². The Balaban J connectivity index is 2.46. The number of nitriles is 1. The molecule has 0 aliphatic heterocycles. The summed E-state index contributed by atoms with van der Waals surface area (Å²) in [5.41, 5.74) is 0.250. The molecule has 1 aromatic heterocycles. The molecule has 0 amide bonds. The van der Waals surface area contributed by atoms with Crippen LogP contribution in [0.3, 0.4) is 0 Å². The lowest BCUT2D eigenvalue weighted by molar-refractivity contribution is -0.385. The first-order valence-corrected chi connectivity index (χ1v) is 5.72. The minimum atomic E-state index is -0.727. The highest BCUT2D eigenvalue weighted by Crippen LogP contribution is 2.28. The predicted octanol–water partition coefficient (Wildman–Crippen LogP) is 2.90. The third-order valence-corrected chi connectivity index (χ3v) is 2.63. The average molecular weight is 285 g/mol. The fourth-order valence-corrected chi connectivity index (χ4v) is 1.64. The summed E-state index contributed by atoms with van der Waals surface area (Å²) in [5.74, 6) is -0.994. The number of rotatable bonds is 3. The molecule has 0 saturated heterocycles. The third-order valence-electron chi connectivity index (χ3n) is 2.63. The molecule has 0 spiro atoms. The predicted molar refractivity (Wildman–Crippen MR) is 72.4 cm³/mol. The van der Waals surface area contributed by atoms with Gasteiger partial charge in [-0.2, -0.15) is 5.26 Å². The average Bonchev–Trinajstić information content (AvgIpc) is 2.47. The number of benzene rings is 1. The summed E-state index contributed by atoms with van der Waals surface area (Å²) in [4.78, 5) is 13.8. The Hall–Kier alpha value is -3.27. The SMILES string of the molecule is N#CC(=Cc1ccc(O)c([N+](=O)[O-])c1)c1ccc(F)cn1. The highest BCUT2D eigenvalue weighted by Gasteiger charge is 2.13. The molecular weight excluding hydrogens is 277 g/mol. The zero-order chi connectivity index (χ0) is 15.4. The lowest BCUT2D eigenvalue weighted by Gasteiger charge is -2.00. The van der Waals surface area contributed by atoms with E-state index in [1.54, 1.807) is 0 Å². The number of hydrogen-bond acceptors (Lipinski definition) is 5. The number of phenolic OH excluding ortho intramolecular Hbond substituents is 1. The number of nitro groups is 1. The Morgan fingerprint density at radius 3 is 2.76 bits per heavy atom. The molecule has 1 N–H and O–H groups in total. The Morgan fingerprint density at radius 2 is 2.19 bits per heavy atom. The van der Waals surface area contributed by atoms with Crippen LogP contribution in [0.1, 0.15) is 11.3 Å². The van der Waals surface area contributed by atoms with Gasteiger partial charge in [-0.1, -0.05) is 6.07 Å². The van der Waals surface area contributed by atoms with Crippen LogP contribution in [0.5, 0.6) is 5.75 Å². The van der Waals surface area contributed by atoms with E-state index in [2.05, 4.69) is 4.98 Å². The lowest BCUT2D eigenvalue weighted by atomic mass is 10.1. The molecular formula is C14H8FN3O3. The van der Waals surface area contributed by atoms with E-state index in [1.807, 2.05) is 6.07 Å². The molecule has 2 rings (SSSR count). The molecule has 2 aromatic rings. The number of nitrogens with zero attached hydrogens (tertiary/aromatic N) is 3. The summed E-state index contributed by atoms with van der Waals surface area (Å²) >= 11 is 0. The van der Waals surface area contributed by atoms with Crippen molar-refractivity contribution < 1.29 is 14.4 Å².